The number of rotatable bonds is 1. The van der Waals surface area contributed by atoms with Crippen LogP contribution in [0.4, 0.5) is 14.5 Å². The van der Waals surface area contributed by atoms with E-state index in [1.807, 2.05) is 0 Å². The molecule has 94 valence electrons. The summed E-state index contributed by atoms with van der Waals surface area (Å²) in [6.45, 7) is 0.0481. The van der Waals surface area contributed by atoms with Crippen LogP contribution < -0.4 is 10.3 Å². The van der Waals surface area contributed by atoms with Gasteiger partial charge in [0.15, 0.2) is 5.43 Å². The Morgan fingerprint density at radius 3 is 2.83 bits per heavy atom. The summed E-state index contributed by atoms with van der Waals surface area (Å²) in [5.74, 6) is -2.63. The van der Waals surface area contributed by atoms with Crippen LogP contribution in [0.25, 0.3) is 10.9 Å². The van der Waals surface area contributed by atoms with Crippen LogP contribution in [0.1, 0.15) is 6.42 Å². The Morgan fingerprint density at radius 2 is 2.11 bits per heavy atom. The molecule has 3 rings (SSSR count). The van der Waals surface area contributed by atoms with E-state index >= 15 is 0 Å². The zero-order valence-electron chi connectivity index (χ0n) is 9.62. The van der Waals surface area contributed by atoms with Crippen molar-refractivity contribution >= 4 is 16.6 Å². The first-order valence-corrected chi connectivity index (χ1v) is 5.79. The second-order valence-electron chi connectivity index (χ2n) is 4.60. The Hall–Kier alpha value is -1.91. The third-order valence-corrected chi connectivity index (χ3v) is 3.28. The summed E-state index contributed by atoms with van der Waals surface area (Å²) in [4.78, 5) is 16.3. The van der Waals surface area contributed by atoms with Gasteiger partial charge in [-0.25, -0.2) is 8.78 Å². The van der Waals surface area contributed by atoms with Crippen molar-refractivity contribution in [1.29, 1.82) is 0 Å². The molecule has 0 spiro atoms. The van der Waals surface area contributed by atoms with E-state index in [9.17, 15) is 13.6 Å². The largest absolute Gasteiger partial charge is 0.365 e. The molecule has 2 heterocycles. The van der Waals surface area contributed by atoms with Crippen molar-refractivity contribution in [2.75, 3.05) is 18.0 Å². The first-order valence-electron chi connectivity index (χ1n) is 5.79. The number of anilines is 1. The van der Waals surface area contributed by atoms with Crippen molar-refractivity contribution in [1.82, 2.24) is 4.98 Å². The lowest BCUT2D eigenvalue weighted by molar-refractivity contribution is 0.0257. The highest BCUT2D eigenvalue weighted by atomic mass is 19.3. The van der Waals surface area contributed by atoms with Crippen LogP contribution in [0.15, 0.2) is 35.3 Å². The quantitative estimate of drug-likeness (QED) is 0.843. The van der Waals surface area contributed by atoms with Crippen LogP contribution >= 0.6 is 0 Å². The van der Waals surface area contributed by atoms with Gasteiger partial charge in [-0.3, -0.25) is 4.79 Å². The SMILES string of the molecule is O=c1cc[nH]c2ccc(N3CCC(F)(F)C3)cc12. The Balaban J connectivity index is 2.04. The number of benzene rings is 1. The molecule has 1 aromatic heterocycles. The van der Waals surface area contributed by atoms with Gasteiger partial charge in [-0.2, -0.15) is 0 Å². The standard InChI is InChI=1S/C13H12F2N2O/c14-13(15)4-6-17(8-13)9-1-2-11-10(7-9)12(18)3-5-16-11/h1-3,5,7H,4,6,8H2,(H,16,18). The average molecular weight is 250 g/mol. The predicted octanol–water partition coefficient (Wildman–Crippen LogP) is 2.37. The van der Waals surface area contributed by atoms with E-state index in [0.29, 0.717) is 17.6 Å². The number of aromatic nitrogens is 1. The van der Waals surface area contributed by atoms with Gasteiger partial charge in [0, 0.05) is 41.8 Å². The summed E-state index contributed by atoms with van der Waals surface area (Å²) in [5, 5.41) is 0.533. The molecule has 1 aliphatic rings. The second kappa shape index (κ2) is 3.80. The number of H-pyrrole nitrogens is 1. The Morgan fingerprint density at radius 1 is 1.28 bits per heavy atom. The highest BCUT2D eigenvalue weighted by Crippen LogP contribution is 2.31. The smallest absolute Gasteiger partial charge is 0.266 e. The van der Waals surface area contributed by atoms with E-state index in [2.05, 4.69) is 4.98 Å². The molecular formula is C13H12F2N2O. The van der Waals surface area contributed by atoms with Crippen molar-refractivity contribution in [2.45, 2.75) is 12.3 Å². The molecule has 1 N–H and O–H groups in total. The summed E-state index contributed by atoms with van der Waals surface area (Å²) in [6, 6.07) is 6.63. The predicted molar refractivity (Wildman–Crippen MR) is 66.3 cm³/mol. The highest BCUT2D eigenvalue weighted by Gasteiger charge is 2.38. The fourth-order valence-corrected chi connectivity index (χ4v) is 2.31. The lowest BCUT2D eigenvalue weighted by Crippen LogP contribution is -2.24. The molecule has 5 heteroatoms. The van der Waals surface area contributed by atoms with Gasteiger partial charge in [0.25, 0.3) is 5.92 Å². The molecule has 3 nitrogen and oxygen atoms in total. The highest BCUT2D eigenvalue weighted by molar-refractivity contribution is 5.82. The maximum atomic E-state index is 13.2. The van der Waals surface area contributed by atoms with Crippen molar-refractivity contribution in [3.05, 3.63) is 40.7 Å². The summed E-state index contributed by atoms with van der Waals surface area (Å²) in [5.41, 5.74) is 1.30. The third-order valence-electron chi connectivity index (χ3n) is 3.28. The minimum absolute atomic E-state index is 0.100. The van der Waals surface area contributed by atoms with Crippen molar-refractivity contribution in [2.24, 2.45) is 0 Å². The molecule has 0 atom stereocenters. The van der Waals surface area contributed by atoms with Crippen molar-refractivity contribution in [3.63, 3.8) is 0 Å². The van der Waals surface area contributed by atoms with E-state index in [1.165, 1.54) is 6.07 Å². The van der Waals surface area contributed by atoms with Gasteiger partial charge in [-0.15, -0.1) is 0 Å². The van der Waals surface area contributed by atoms with Gasteiger partial charge in [0.1, 0.15) is 0 Å². The van der Waals surface area contributed by atoms with Crippen molar-refractivity contribution < 1.29 is 8.78 Å². The molecule has 0 aliphatic carbocycles. The number of nitrogens with one attached hydrogen (secondary N) is 1. The fourth-order valence-electron chi connectivity index (χ4n) is 2.31. The molecule has 0 unspecified atom stereocenters. The van der Waals surface area contributed by atoms with Gasteiger partial charge in [0.2, 0.25) is 0 Å². The number of hydrogen-bond donors (Lipinski definition) is 1. The number of fused-ring (bicyclic) bond motifs is 1. The maximum absolute atomic E-state index is 13.2. The Bertz CT molecular complexity index is 651. The first kappa shape index (κ1) is 11.2. The van der Waals surface area contributed by atoms with Crippen LogP contribution in [0.3, 0.4) is 0 Å². The molecule has 0 bridgehead atoms. The van der Waals surface area contributed by atoms with Crippen molar-refractivity contribution in [3.8, 4) is 0 Å². The van der Waals surface area contributed by atoms with Gasteiger partial charge in [-0.05, 0) is 18.2 Å². The minimum Gasteiger partial charge on any atom is -0.365 e. The normalized spacial score (nSPS) is 18.4. The van der Waals surface area contributed by atoms with Gasteiger partial charge in [0.05, 0.1) is 6.54 Å². The molecule has 0 amide bonds. The second-order valence-corrected chi connectivity index (χ2v) is 4.60. The fraction of sp³-hybridized carbons (Fsp3) is 0.308. The summed E-state index contributed by atoms with van der Waals surface area (Å²) < 4.78 is 26.3. The Labute approximate surface area is 102 Å². The number of alkyl halides is 2. The first-order chi connectivity index (χ1) is 8.55. The lowest BCUT2D eigenvalue weighted by atomic mass is 10.2. The molecule has 0 saturated carbocycles. The molecule has 2 aromatic rings. The van der Waals surface area contributed by atoms with E-state index in [4.69, 9.17) is 0 Å². The number of hydrogen-bond acceptors (Lipinski definition) is 2. The zero-order valence-corrected chi connectivity index (χ0v) is 9.62. The number of pyridine rings is 1. The zero-order chi connectivity index (χ0) is 12.8. The molecule has 1 aromatic carbocycles. The third kappa shape index (κ3) is 1.85. The number of halogens is 2. The van der Waals surface area contributed by atoms with Crippen LogP contribution in [-0.4, -0.2) is 24.0 Å². The van der Waals surface area contributed by atoms with Gasteiger partial charge in [-0.1, -0.05) is 0 Å². The molecular weight excluding hydrogens is 238 g/mol. The molecule has 1 fully saturated rings. The number of aromatic amines is 1. The Kier molecular flexibility index (Phi) is 2.36. The van der Waals surface area contributed by atoms with E-state index < -0.39 is 5.92 Å². The minimum atomic E-state index is -2.63. The van der Waals surface area contributed by atoms with Gasteiger partial charge < -0.3 is 9.88 Å². The van der Waals surface area contributed by atoms with Crippen LogP contribution in [-0.2, 0) is 0 Å². The lowest BCUT2D eigenvalue weighted by Gasteiger charge is -2.18. The van der Waals surface area contributed by atoms with E-state index in [1.54, 1.807) is 29.3 Å². The molecule has 1 aliphatic heterocycles. The number of nitrogens with zero attached hydrogens (tertiary/aromatic N) is 1. The van der Waals surface area contributed by atoms with Crippen LogP contribution in [0, 0.1) is 0 Å². The van der Waals surface area contributed by atoms with Crippen LogP contribution in [0.2, 0.25) is 0 Å². The molecule has 18 heavy (non-hydrogen) atoms. The summed E-state index contributed by atoms with van der Waals surface area (Å²) in [6.07, 6.45) is 1.45. The van der Waals surface area contributed by atoms with Gasteiger partial charge >= 0.3 is 0 Å². The van der Waals surface area contributed by atoms with Crippen LogP contribution in [0.5, 0.6) is 0 Å². The topological polar surface area (TPSA) is 36.1 Å². The monoisotopic (exact) mass is 250 g/mol. The van der Waals surface area contributed by atoms with E-state index in [-0.39, 0.29) is 18.4 Å². The summed E-state index contributed by atoms with van der Waals surface area (Å²) in [7, 11) is 0. The van der Waals surface area contributed by atoms with E-state index in [0.717, 1.165) is 5.52 Å². The maximum Gasteiger partial charge on any atom is 0.266 e. The average Bonchev–Trinajstić information content (AvgIpc) is 2.70. The molecule has 1 saturated heterocycles. The summed E-state index contributed by atoms with van der Waals surface area (Å²) >= 11 is 0. The molecule has 0 radical (unpaired) electrons.